The summed E-state index contributed by atoms with van der Waals surface area (Å²) >= 11 is 12.0. The number of amides is 1. The number of hydrogen-bond acceptors (Lipinski definition) is 4. The van der Waals surface area contributed by atoms with Crippen LogP contribution in [0.25, 0.3) is 0 Å². The highest BCUT2D eigenvalue weighted by Gasteiger charge is 2.74. The minimum absolute atomic E-state index is 0.0264. The van der Waals surface area contributed by atoms with Crippen LogP contribution >= 0.6 is 23.2 Å². The largest absolute Gasteiger partial charge is 0.481 e. The van der Waals surface area contributed by atoms with Crippen LogP contribution < -0.4 is 0 Å². The van der Waals surface area contributed by atoms with Crippen LogP contribution in [-0.2, 0) is 36.3 Å². The topological polar surface area (TPSA) is 91.8 Å². The Morgan fingerprint density at radius 2 is 1.48 bits per heavy atom. The van der Waals surface area contributed by atoms with Crippen LogP contribution in [0.1, 0.15) is 55.2 Å². The Hall–Kier alpha value is -2.65. The first-order valence-electron chi connectivity index (χ1n) is 14.0. The SMILES string of the molecule is O=C(O)C1CCC(F)(C(=O)N2CCC3(S(=O)(=O)c4ccc(Cl)c(Cl)c4)c4ccc(C(F)(C(F)(F)F)C(F)(F)F)cc4CCC23)CC1. The highest BCUT2D eigenvalue weighted by atomic mass is 35.5. The van der Waals surface area contributed by atoms with Gasteiger partial charge in [-0.3, -0.25) is 9.59 Å². The van der Waals surface area contributed by atoms with E-state index in [4.69, 9.17) is 23.2 Å². The van der Waals surface area contributed by atoms with Gasteiger partial charge in [0.2, 0.25) is 0 Å². The lowest BCUT2D eigenvalue weighted by Gasteiger charge is -2.44. The van der Waals surface area contributed by atoms with Gasteiger partial charge in [0.05, 0.1) is 26.9 Å². The first-order chi connectivity index (χ1) is 21.1. The summed E-state index contributed by atoms with van der Waals surface area (Å²) in [5, 5.41) is 9.07. The maximum Gasteiger partial charge on any atom is 0.435 e. The fourth-order valence-corrected chi connectivity index (χ4v) is 9.88. The van der Waals surface area contributed by atoms with E-state index in [1.54, 1.807) is 0 Å². The van der Waals surface area contributed by atoms with Gasteiger partial charge in [-0.05, 0) is 74.3 Å². The van der Waals surface area contributed by atoms with E-state index >= 15 is 8.78 Å². The Balaban J connectivity index is 1.66. The summed E-state index contributed by atoms with van der Waals surface area (Å²) in [5.41, 5.74) is -10.7. The Morgan fingerprint density at radius 3 is 2.02 bits per heavy atom. The zero-order chi connectivity index (χ0) is 34.3. The summed E-state index contributed by atoms with van der Waals surface area (Å²) < 4.78 is 140. The van der Waals surface area contributed by atoms with Crippen LogP contribution in [0, 0.1) is 5.92 Å². The maximum absolute atomic E-state index is 16.1. The highest BCUT2D eigenvalue weighted by Crippen LogP contribution is 2.57. The molecule has 2 fully saturated rings. The van der Waals surface area contributed by atoms with Gasteiger partial charge in [0.1, 0.15) is 4.75 Å². The van der Waals surface area contributed by atoms with E-state index in [0.29, 0.717) is 12.1 Å². The molecule has 2 aromatic rings. The van der Waals surface area contributed by atoms with E-state index in [1.807, 2.05) is 0 Å². The second-order valence-electron chi connectivity index (χ2n) is 11.9. The van der Waals surface area contributed by atoms with Gasteiger partial charge in [-0.1, -0.05) is 41.4 Å². The second kappa shape index (κ2) is 11.2. The molecular formula is C29H25Cl2F8NO5S. The third-order valence-corrected chi connectivity index (χ3v) is 12.8. The molecular weight excluding hydrogens is 697 g/mol. The summed E-state index contributed by atoms with van der Waals surface area (Å²) in [4.78, 5) is 25.7. The first kappa shape index (κ1) is 34.7. The van der Waals surface area contributed by atoms with Crippen molar-refractivity contribution in [1.29, 1.82) is 0 Å². The fourth-order valence-electron chi connectivity index (χ4n) is 7.12. The molecule has 5 rings (SSSR count). The van der Waals surface area contributed by atoms with Gasteiger partial charge in [-0.15, -0.1) is 0 Å². The summed E-state index contributed by atoms with van der Waals surface area (Å²) in [6.45, 7) is -0.364. The zero-order valence-corrected chi connectivity index (χ0v) is 25.8. The number of nitrogens with zero attached hydrogens (tertiary/aromatic N) is 1. The Morgan fingerprint density at radius 1 is 0.870 bits per heavy atom. The molecule has 1 aliphatic heterocycles. The maximum atomic E-state index is 16.1. The van der Waals surface area contributed by atoms with Crippen LogP contribution in [0.4, 0.5) is 35.1 Å². The van der Waals surface area contributed by atoms with Gasteiger partial charge in [-0.2, -0.15) is 26.3 Å². The van der Waals surface area contributed by atoms with Crippen molar-refractivity contribution in [2.45, 2.75) is 84.3 Å². The number of benzene rings is 2. The predicted octanol–water partition coefficient (Wildman–Crippen LogP) is 7.48. The summed E-state index contributed by atoms with van der Waals surface area (Å²) in [5.74, 6) is -3.13. The van der Waals surface area contributed by atoms with Crippen LogP contribution in [-0.4, -0.2) is 60.9 Å². The van der Waals surface area contributed by atoms with Crippen LogP contribution in [0.15, 0.2) is 41.3 Å². The molecule has 1 N–H and O–H groups in total. The molecule has 2 atom stereocenters. The third-order valence-electron chi connectivity index (χ3n) is 9.52. The molecule has 17 heteroatoms. The molecule has 0 bridgehead atoms. The second-order valence-corrected chi connectivity index (χ2v) is 14.9. The minimum atomic E-state index is -6.41. The van der Waals surface area contributed by atoms with Crippen molar-refractivity contribution < 1.29 is 58.2 Å². The average molecular weight is 722 g/mol. The molecule has 1 saturated heterocycles. The molecule has 1 heterocycles. The van der Waals surface area contributed by atoms with Crippen molar-refractivity contribution in [1.82, 2.24) is 4.90 Å². The van der Waals surface area contributed by atoms with Crippen molar-refractivity contribution in [2.75, 3.05) is 6.54 Å². The van der Waals surface area contributed by atoms with Gasteiger partial charge >= 0.3 is 24.0 Å². The predicted molar refractivity (Wildman–Crippen MR) is 149 cm³/mol. The zero-order valence-electron chi connectivity index (χ0n) is 23.5. The summed E-state index contributed by atoms with van der Waals surface area (Å²) in [6.07, 6.45) is -15.2. The van der Waals surface area contributed by atoms with Crippen molar-refractivity contribution in [2.24, 2.45) is 5.92 Å². The van der Waals surface area contributed by atoms with Gasteiger partial charge in [0, 0.05) is 12.1 Å². The van der Waals surface area contributed by atoms with Gasteiger partial charge in [0.15, 0.2) is 15.5 Å². The molecule has 2 unspecified atom stereocenters. The van der Waals surface area contributed by atoms with Crippen molar-refractivity contribution in [3.8, 4) is 0 Å². The van der Waals surface area contributed by atoms with Crippen LogP contribution in [0.3, 0.4) is 0 Å². The molecule has 2 aromatic carbocycles. The molecule has 0 aromatic heterocycles. The number of hydrogen-bond donors (Lipinski definition) is 1. The number of carboxylic acids is 1. The highest BCUT2D eigenvalue weighted by molar-refractivity contribution is 7.92. The number of sulfone groups is 1. The van der Waals surface area contributed by atoms with Crippen LogP contribution in [0.2, 0.25) is 10.0 Å². The van der Waals surface area contributed by atoms with Gasteiger partial charge in [0.25, 0.3) is 5.91 Å². The molecule has 1 amide bonds. The van der Waals surface area contributed by atoms with Crippen molar-refractivity contribution in [3.63, 3.8) is 0 Å². The monoisotopic (exact) mass is 721 g/mol. The van der Waals surface area contributed by atoms with E-state index in [0.717, 1.165) is 23.1 Å². The quantitative estimate of drug-likeness (QED) is 0.324. The summed E-state index contributed by atoms with van der Waals surface area (Å²) in [6, 6.07) is 3.16. The molecule has 46 heavy (non-hydrogen) atoms. The summed E-state index contributed by atoms with van der Waals surface area (Å²) in [7, 11) is -4.73. The number of alkyl halides is 8. The molecule has 0 spiro atoms. The van der Waals surface area contributed by atoms with Crippen molar-refractivity contribution >= 4 is 44.9 Å². The van der Waals surface area contributed by atoms with E-state index in [9.17, 15) is 49.5 Å². The van der Waals surface area contributed by atoms with Crippen molar-refractivity contribution in [3.05, 3.63) is 63.1 Å². The number of carbonyl (C=O) groups excluding carboxylic acids is 1. The lowest BCUT2D eigenvalue weighted by molar-refractivity contribution is -0.348. The number of halogens is 10. The normalized spacial score (nSPS) is 27.2. The number of carbonyl (C=O) groups is 2. The van der Waals surface area contributed by atoms with Gasteiger partial charge < -0.3 is 10.0 Å². The number of aryl methyl sites for hydroxylation is 1. The fraction of sp³-hybridized carbons (Fsp3) is 0.517. The number of rotatable bonds is 5. The smallest absolute Gasteiger partial charge is 0.435 e. The lowest BCUT2D eigenvalue weighted by Crippen LogP contribution is -2.56. The minimum Gasteiger partial charge on any atom is -0.481 e. The van der Waals surface area contributed by atoms with E-state index < -0.39 is 91.8 Å². The first-order valence-corrected chi connectivity index (χ1v) is 16.2. The number of fused-ring (bicyclic) bond motifs is 3. The van der Waals surface area contributed by atoms with E-state index in [1.165, 1.54) is 0 Å². The molecule has 0 radical (unpaired) electrons. The Bertz CT molecular complexity index is 1680. The number of likely N-dealkylation sites (tertiary alicyclic amines) is 1. The molecule has 1 saturated carbocycles. The third kappa shape index (κ3) is 5.06. The Kier molecular flexibility index (Phi) is 8.46. The van der Waals surface area contributed by atoms with E-state index in [-0.39, 0.29) is 59.5 Å². The van der Waals surface area contributed by atoms with Gasteiger partial charge in [-0.25, -0.2) is 17.2 Å². The number of carboxylic acid groups (broad SMARTS) is 1. The molecule has 252 valence electrons. The lowest BCUT2D eigenvalue weighted by atomic mass is 9.76. The average Bonchev–Trinajstić information content (AvgIpc) is 3.38. The number of aliphatic carboxylic acids is 1. The molecule has 6 nitrogen and oxygen atoms in total. The Labute approximate surface area is 267 Å². The molecule has 3 aliphatic rings. The van der Waals surface area contributed by atoms with Crippen LogP contribution in [0.5, 0.6) is 0 Å². The standard InChI is InChI=1S/C29H25Cl2F8NO5S/c30-20-5-3-18(14-21(20)31)46(44,45)26-11-12-40(24(43)25(32)9-7-15(8-10-25)23(41)42)22(26)6-1-16-13-17(2-4-19(16)26)27(33,28(34,35)36)29(37,38)39/h2-5,13-15,22H,1,6-12H2,(H,41,42). The molecule has 2 aliphatic carbocycles. The van der Waals surface area contributed by atoms with E-state index in [2.05, 4.69) is 0 Å².